The molecular weight excluding hydrogens is 346 g/mol. The van der Waals surface area contributed by atoms with E-state index in [1.165, 1.54) is 4.90 Å². The predicted octanol–water partition coefficient (Wildman–Crippen LogP) is -0.213. The molecule has 9 heteroatoms. The molecule has 1 fully saturated rings. The molecule has 1 rings (SSSR count). The Labute approximate surface area is 153 Å². The summed E-state index contributed by atoms with van der Waals surface area (Å²) in [5, 5.41) is 39.0. The Kier molecular flexibility index (Phi) is 7.97. The molecule has 0 radical (unpaired) electrons. The Bertz CT molecular complexity index is 474. The quantitative estimate of drug-likeness (QED) is 0.453. The van der Waals surface area contributed by atoms with Crippen LogP contribution in [-0.2, 0) is 19.1 Å². The van der Waals surface area contributed by atoms with Gasteiger partial charge in [0.05, 0.1) is 37.4 Å². The molecule has 1 saturated heterocycles. The number of aliphatic hydroxyl groups is 2. The first-order valence-electron chi connectivity index (χ1n) is 8.67. The molecule has 0 spiro atoms. The summed E-state index contributed by atoms with van der Waals surface area (Å²) in [7, 11) is 0. The molecule has 1 heterocycles. The van der Waals surface area contributed by atoms with E-state index in [4.69, 9.17) is 19.7 Å². The van der Waals surface area contributed by atoms with E-state index in [-0.39, 0.29) is 12.5 Å². The van der Waals surface area contributed by atoms with Crippen LogP contribution in [0.5, 0.6) is 0 Å². The topological polar surface area (TPSA) is 137 Å². The average molecular weight is 377 g/mol. The zero-order valence-corrected chi connectivity index (χ0v) is 16.0. The first kappa shape index (κ1) is 22.8. The van der Waals surface area contributed by atoms with Gasteiger partial charge in [-0.1, -0.05) is 13.8 Å². The van der Waals surface area contributed by atoms with Gasteiger partial charge in [-0.3, -0.25) is 14.5 Å². The minimum absolute atomic E-state index is 0.149. The van der Waals surface area contributed by atoms with Crippen LogP contribution in [0.1, 0.15) is 34.6 Å². The van der Waals surface area contributed by atoms with Crippen LogP contribution in [0.25, 0.3) is 0 Å². The van der Waals surface area contributed by atoms with Gasteiger partial charge in [0, 0.05) is 0 Å². The summed E-state index contributed by atoms with van der Waals surface area (Å²) in [4.78, 5) is 23.6. The van der Waals surface area contributed by atoms with Gasteiger partial charge >= 0.3 is 11.9 Å². The number of carboxylic acid groups (broad SMARTS) is 2. The van der Waals surface area contributed by atoms with Crippen LogP contribution < -0.4 is 0 Å². The Hall–Kier alpha value is -1.26. The third kappa shape index (κ3) is 6.17. The molecule has 0 amide bonds. The van der Waals surface area contributed by atoms with E-state index in [0.29, 0.717) is 0 Å². The molecule has 152 valence electrons. The van der Waals surface area contributed by atoms with Crippen molar-refractivity contribution in [2.75, 3.05) is 19.7 Å². The number of carboxylic acids is 2. The van der Waals surface area contributed by atoms with Gasteiger partial charge in [-0.25, -0.2) is 0 Å². The number of carbonyl (C=O) groups is 2. The molecule has 0 aromatic carbocycles. The SMILES string of the molecule is CC(C)C1OC(CO)C(OC(C)(C)C)C(O)C1N(CC(=O)O)CC(=O)O. The minimum atomic E-state index is -1.23. The largest absolute Gasteiger partial charge is 0.480 e. The Morgan fingerprint density at radius 2 is 1.65 bits per heavy atom. The third-order valence-corrected chi connectivity index (χ3v) is 4.15. The summed E-state index contributed by atoms with van der Waals surface area (Å²) in [5.74, 6) is -2.57. The van der Waals surface area contributed by atoms with E-state index in [9.17, 15) is 19.8 Å². The van der Waals surface area contributed by atoms with Gasteiger partial charge in [-0.2, -0.15) is 0 Å². The molecule has 0 aromatic rings. The smallest absolute Gasteiger partial charge is 0.317 e. The maximum atomic E-state index is 11.2. The molecule has 0 bridgehead atoms. The second-order valence-electron chi connectivity index (χ2n) is 7.93. The first-order chi connectivity index (χ1) is 11.9. The molecule has 9 nitrogen and oxygen atoms in total. The maximum Gasteiger partial charge on any atom is 0.317 e. The standard InChI is InChI=1S/C17H31NO8/c1-9(2)15-13(18(6-11(20)21)7-12(22)23)14(24)16(10(8-19)25-15)26-17(3,4)5/h9-10,13-16,19,24H,6-8H2,1-5H3,(H,20,21)(H,22,23). The summed E-state index contributed by atoms with van der Waals surface area (Å²) in [6, 6.07) is -0.905. The molecule has 1 aliphatic heterocycles. The number of hydrogen-bond acceptors (Lipinski definition) is 7. The van der Waals surface area contributed by atoms with Gasteiger partial charge in [0.15, 0.2) is 0 Å². The highest BCUT2D eigenvalue weighted by atomic mass is 16.6. The second-order valence-corrected chi connectivity index (χ2v) is 7.93. The normalized spacial score (nSPS) is 30.0. The highest BCUT2D eigenvalue weighted by Gasteiger charge is 2.50. The van der Waals surface area contributed by atoms with Crippen LogP contribution in [0, 0.1) is 5.92 Å². The highest BCUT2D eigenvalue weighted by Crippen LogP contribution is 2.32. The van der Waals surface area contributed by atoms with Crippen molar-refractivity contribution in [2.24, 2.45) is 5.92 Å². The van der Waals surface area contributed by atoms with Crippen LogP contribution >= 0.6 is 0 Å². The van der Waals surface area contributed by atoms with Crippen molar-refractivity contribution in [1.82, 2.24) is 4.90 Å². The maximum absolute atomic E-state index is 11.2. The van der Waals surface area contributed by atoms with Crippen molar-refractivity contribution in [3.63, 3.8) is 0 Å². The van der Waals surface area contributed by atoms with E-state index >= 15 is 0 Å². The fourth-order valence-electron chi connectivity index (χ4n) is 3.26. The van der Waals surface area contributed by atoms with E-state index in [1.54, 1.807) is 20.8 Å². The fourth-order valence-corrected chi connectivity index (χ4v) is 3.26. The van der Waals surface area contributed by atoms with Gasteiger partial charge in [0.25, 0.3) is 0 Å². The summed E-state index contributed by atoms with van der Waals surface area (Å²) >= 11 is 0. The van der Waals surface area contributed by atoms with E-state index in [2.05, 4.69) is 0 Å². The number of aliphatic carboxylic acids is 2. The van der Waals surface area contributed by atoms with Crippen LogP contribution in [0.2, 0.25) is 0 Å². The van der Waals surface area contributed by atoms with Crippen LogP contribution in [0.15, 0.2) is 0 Å². The summed E-state index contributed by atoms with van der Waals surface area (Å²) in [5.41, 5.74) is -0.651. The number of rotatable bonds is 8. The molecule has 0 aromatic heterocycles. The van der Waals surface area contributed by atoms with Crippen molar-refractivity contribution in [2.45, 2.75) is 70.7 Å². The molecule has 5 unspecified atom stereocenters. The molecular formula is C17H31NO8. The second kappa shape index (κ2) is 9.09. The highest BCUT2D eigenvalue weighted by molar-refractivity contribution is 5.72. The average Bonchev–Trinajstić information content (AvgIpc) is 2.45. The van der Waals surface area contributed by atoms with E-state index in [1.807, 2.05) is 13.8 Å². The zero-order valence-electron chi connectivity index (χ0n) is 16.0. The molecule has 0 aliphatic carbocycles. The van der Waals surface area contributed by atoms with Gasteiger partial charge in [-0.05, 0) is 26.7 Å². The lowest BCUT2D eigenvalue weighted by Gasteiger charge is -2.50. The third-order valence-electron chi connectivity index (χ3n) is 4.15. The molecule has 26 heavy (non-hydrogen) atoms. The summed E-state index contributed by atoms with van der Waals surface area (Å²) in [6.07, 6.45) is -3.62. The van der Waals surface area contributed by atoms with Crippen molar-refractivity contribution >= 4 is 11.9 Å². The Morgan fingerprint density at radius 3 is 2.00 bits per heavy atom. The van der Waals surface area contributed by atoms with Crippen molar-refractivity contribution < 1.29 is 39.5 Å². The van der Waals surface area contributed by atoms with E-state index in [0.717, 1.165) is 0 Å². The monoisotopic (exact) mass is 377 g/mol. The van der Waals surface area contributed by atoms with Crippen LogP contribution in [0.3, 0.4) is 0 Å². The minimum Gasteiger partial charge on any atom is -0.480 e. The first-order valence-corrected chi connectivity index (χ1v) is 8.67. The van der Waals surface area contributed by atoms with Crippen molar-refractivity contribution in [3.8, 4) is 0 Å². The van der Waals surface area contributed by atoms with E-state index < -0.39 is 61.1 Å². The lowest BCUT2D eigenvalue weighted by atomic mass is 9.85. The molecule has 5 atom stereocenters. The fraction of sp³-hybridized carbons (Fsp3) is 0.882. The molecule has 4 N–H and O–H groups in total. The van der Waals surface area contributed by atoms with Gasteiger partial charge < -0.3 is 29.9 Å². The van der Waals surface area contributed by atoms with Crippen LogP contribution in [-0.4, -0.2) is 93.0 Å². The predicted molar refractivity (Wildman–Crippen MR) is 91.9 cm³/mol. The number of hydrogen-bond donors (Lipinski definition) is 4. The number of ether oxygens (including phenoxy) is 2. The Morgan fingerprint density at radius 1 is 1.15 bits per heavy atom. The molecule has 0 saturated carbocycles. The van der Waals surface area contributed by atoms with Crippen LogP contribution in [0.4, 0.5) is 0 Å². The van der Waals surface area contributed by atoms with Gasteiger partial charge in [0.2, 0.25) is 0 Å². The summed E-state index contributed by atoms with van der Waals surface area (Å²) in [6.45, 7) is 7.48. The number of nitrogens with zero attached hydrogens (tertiary/aromatic N) is 1. The summed E-state index contributed by atoms with van der Waals surface area (Å²) < 4.78 is 11.8. The van der Waals surface area contributed by atoms with Gasteiger partial charge in [-0.15, -0.1) is 0 Å². The van der Waals surface area contributed by atoms with Gasteiger partial charge in [0.1, 0.15) is 18.3 Å². The van der Waals surface area contributed by atoms with Crippen molar-refractivity contribution in [1.29, 1.82) is 0 Å². The lowest BCUT2D eigenvalue weighted by Crippen LogP contribution is -2.67. The van der Waals surface area contributed by atoms with Crippen molar-refractivity contribution in [3.05, 3.63) is 0 Å². The lowest BCUT2D eigenvalue weighted by molar-refractivity contribution is -0.256. The zero-order chi connectivity index (χ0) is 20.2. The number of aliphatic hydroxyl groups excluding tert-OH is 2. The molecule has 1 aliphatic rings. The Balaban J connectivity index is 3.26.